The Morgan fingerprint density at radius 3 is 2.22 bits per heavy atom. The molecule has 1 amide bonds. The number of nitrogens with one attached hydrogen (secondary N) is 1. The van der Waals surface area contributed by atoms with Crippen molar-refractivity contribution < 1.29 is 18.0 Å². The topological polar surface area (TPSA) is 83.6 Å². The fourth-order valence-corrected chi connectivity index (χ4v) is 3.58. The zero-order chi connectivity index (χ0) is 20.2. The van der Waals surface area contributed by atoms with Crippen LogP contribution in [0, 0.1) is 13.8 Å². The summed E-state index contributed by atoms with van der Waals surface area (Å²) in [6.07, 6.45) is 1.10. The second-order valence-electron chi connectivity index (χ2n) is 6.48. The lowest BCUT2D eigenvalue weighted by molar-refractivity contribution is -0.116. The Kier molecular flexibility index (Phi) is 6.38. The van der Waals surface area contributed by atoms with Crippen LogP contribution in [0.5, 0.6) is 0 Å². The molecule has 0 unspecified atom stereocenters. The summed E-state index contributed by atoms with van der Waals surface area (Å²) in [7, 11) is -3.57. The number of rotatable bonds is 7. The van der Waals surface area contributed by atoms with Crippen molar-refractivity contribution >= 4 is 33.1 Å². The Hall–Kier alpha value is -2.67. The number of anilines is 2. The molecule has 0 saturated carbocycles. The largest absolute Gasteiger partial charge is 0.326 e. The number of ketones is 1. The molecule has 1 N–H and O–H groups in total. The van der Waals surface area contributed by atoms with E-state index in [0.717, 1.165) is 23.1 Å². The van der Waals surface area contributed by atoms with Crippen LogP contribution in [0.3, 0.4) is 0 Å². The Morgan fingerprint density at radius 2 is 1.67 bits per heavy atom. The average Bonchev–Trinajstić information content (AvgIpc) is 2.58. The number of hydrogen-bond acceptors (Lipinski definition) is 4. The number of hydrogen-bond donors (Lipinski definition) is 1. The van der Waals surface area contributed by atoms with Gasteiger partial charge in [-0.2, -0.15) is 0 Å². The predicted molar refractivity (Wildman–Crippen MR) is 108 cm³/mol. The third-order valence-corrected chi connectivity index (χ3v) is 5.58. The van der Waals surface area contributed by atoms with Gasteiger partial charge in [-0.3, -0.25) is 13.9 Å². The summed E-state index contributed by atoms with van der Waals surface area (Å²) in [5.41, 5.74) is 3.68. The highest BCUT2D eigenvalue weighted by Crippen LogP contribution is 2.21. The molecule has 0 atom stereocenters. The lowest BCUT2D eigenvalue weighted by atomic mass is 10.1. The van der Waals surface area contributed by atoms with Gasteiger partial charge in [0.25, 0.3) is 0 Å². The van der Waals surface area contributed by atoms with E-state index < -0.39 is 10.0 Å². The van der Waals surface area contributed by atoms with E-state index in [1.54, 1.807) is 24.3 Å². The van der Waals surface area contributed by atoms with Crippen LogP contribution < -0.4 is 9.62 Å². The van der Waals surface area contributed by atoms with Gasteiger partial charge in [0.1, 0.15) is 0 Å². The SMILES string of the molecule is CC(=O)c1ccc(N(CCC(=O)Nc2cccc(C)c2C)S(C)(=O)=O)cc1. The highest BCUT2D eigenvalue weighted by molar-refractivity contribution is 7.92. The number of sulfonamides is 1. The minimum absolute atomic E-state index is 0.00884. The summed E-state index contributed by atoms with van der Waals surface area (Å²) in [4.78, 5) is 23.7. The van der Waals surface area contributed by atoms with Crippen molar-refractivity contribution in [3.63, 3.8) is 0 Å². The molecule has 0 aliphatic rings. The summed E-state index contributed by atoms with van der Waals surface area (Å²) in [5.74, 6) is -0.363. The smallest absolute Gasteiger partial charge is 0.232 e. The Balaban J connectivity index is 2.12. The van der Waals surface area contributed by atoms with Gasteiger partial charge in [0.2, 0.25) is 15.9 Å². The van der Waals surface area contributed by atoms with E-state index in [1.165, 1.54) is 11.2 Å². The fraction of sp³-hybridized carbons (Fsp3) is 0.300. The first-order chi connectivity index (χ1) is 12.6. The number of benzene rings is 2. The van der Waals surface area contributed by atoms with Gasteiger partial charge in [0.05, 0.1) is 11.9 Å². The Labute approximate surface area is 160 Å². The lowest BCUT2D eigenvalue weighted by Crippen LogP contribution is -2.33. The van der Waals surface area contributed by atoms with Crippen molar-refractivity contribution in [3.8, 4) is 0 Å². The van der Waals surface area contributed by atoms with E-state index >= 15 is 0 Å². The van der Waals surface area contributed by atoms with E-state index in [2.05, 4.69) is 5.32 Å². The Morgan fingerprint density at radius 1 is 1.04 bits per heavy atom. The van der Waals surface area contributed by atoms with Gasteiger partial charge in [-0.25, -0.2) is 8.42 Å². The molecule has 0 saturated heterocycles. The molecular weight excluding hydrogens is 364 g/mol. The van der Waals surface area contributed by atoms with Crippen molar-refractivity contribution in [1.82, 2.24) is 0 Å². The molecule has 2 aromatic carbocycles. The second kappa shape index (κ2) is 8.35. The number of Topliss-reactive ketones (excluding diaryl/α,β-unsaturated/α-hetero) is 1. The molecule has 0 aromatic heterocycles. The molecule has 0 bridgehead atoms. The highest BCUT2D eigenvalue weighted by atomic mass is 32.2. The number of amides is 1. The third-order valence-electron chi connectivity index (χ3n) is 4.38. The first-order valence-electron chi connectivity index (χ1n) is 8.54. The lowest BCUT2D eigenvalue weighted by Gasteiger charge is -2.22. The van der Waals surface area contributed by atoms with Crippen molar-refractivity contribution in [2.24, 2.45) is 0 Å². The molecule has 0 heterocycles. The van der Waals surface area contributed by atoms with Gasteiger partial charge < -0.3 is 5.32 Å². The van der Waals surface area contributed by atoms with Gasteiger partial charge in [-0.15, -0.1) is 0 Å². The van der Waals surface area contributed by atoms with Gasteiger partial charge in [-0.05, 0) is 62.2 Å². The minimum atomic E-state index is -3.57. The molecule has 0 radical (unpaired) electrons. The summed E-state index contributed by atoms with van der Waals surface area (Å²) < 4.78 is 25.5. The van der Waals surface area contributed by atoms with Gasteiger partial charge >= 0.3 is 0 Å². The van der Waals surface area contributed by atoms with Gasteiger partial charge in [0.15, 0.2) is 5.78 Å². The Bertz CT molecular complexity index is 950. The van der Waals surface area contributed by atoms with Gasteiger partial charge in [-0.1, -0.05) is 12.1 Å². The van der Waals surface area contributed by atoms with E-state index in [0.29, 0.717) is 11.3 Å². The zero-order valence-corrected chi connectivity index (χ0v) is 16.8. The molecule has 0 aliphatic carbocycles. The maximum atomic E-state index is 12.3. The molecule has 6 nitrogen and oxygen atoms in total. The number of carbonyl (C=O) groups excluding carboxylic acids is 2. The van der Waals surface area contributed by atoms with E-state index in [9.17, 15) is 18.0 Å². The summed E-state index contributed by atoms with van der Waals surface area (Å²) in [6.45, 7) is 5.33. The van der Waals surface area contributed by atoms with Crippen molar-refractivity contribution in [1.29, 1.82) is 0 Å². The molecule has 144 valence electrons. The highest BCUT2D eigenvalue weighted by Gasteiger charge is 2.19. The second-order valence-corrected chi connectivity index (χ2v) is 8.39. The molecule has 2 aromatic rings. The monoisotopic (exact) mass is 388 g/mol. The number of carbonyl (C=O) groups is 2. The summed E-state index contributed by atoms with van der Waals surface area (Å²) >= 11 is 0. The third kappa shape index (κ3) is 5.40. The molecule has 0 spiro atoms. The molecule has 7 heteroatoms. The van der Waals surface area contributed by atoms with Crippen molar-refractivity contribution in [2.45, 2.75) is 27.2 Å². The standard InChI is InChI=1S/C20H24N2O4S/c1-14-6-5-7-19(15(14)2)21-20(24)12-13-22(27(4,25)26)18-10-8-17(9-11-18)16(3)23/h5-11H,12-13H2,1-4H3,(H,21,24). The van der Waals surface area contributed by atoms with Crippen LogP contribution in [0.4, 0.5) is 11.4 Å². The molecule has 0 aliphatic heterocycles. The predicted octanol–water partition coefficient (Wildman–Crippen LogP) is 3.30. The minimum Gasteiger partial charge on any atom is -0.326 e. The average molecular weight is 388 g/mol. The van der Waals surface area contributed by atoms with Crippen LogP contribution in [0.25, 0.3) is 0 Å². The summed E-state index contributed by atoms with van der Waals surface area (Å²) in [6, 6.07) is 11.9. The van der Waals surface area contributed by atoms with Gasteiger partial charge in [0, 0.05) is 24.2 Å². The molecular formula is C20H24N2O4S. The number of aryl methyl sites for hydroxylation is 1. The van der Waals surface area contributed by atoms with Crippen LogP contribution in [-0.2, 0) is 14.8 Å². The van der Waals surface area contributed by atoms with Crippen LogP contribution in [0.15, 0.2) is 42.5 Å². The fourth-order valence-electron chi connectivity index (χ4n) is 2.65. The first-order valence-corrected chi connectivity index (χ1v) is 10.4. The maximum absolute atomic E-state index is 12.3. The van der Waals surface area contributed by atoms with Crippen molar-refractivity contribution in [2.75, 3.05) is 22.4 Å². The number of nitrogens with zero attached hydrogens (tertiary/aromatic N) is 1. The normalized spacial score (nSPS) is 11.1. The molecule has 0 fully saturated rings. The van der Waals surface area contributed by atoms with E-state index in [-0.39, 0.29) is 24.7 Å². The quantitative estimate of drug-likeness (QED) is 0.738. The van der Waals surface area contributed by atoms with Crippen LogP contribution >= 0.6 is 0 Å². The first kappa shape index (κ1) is 20.6. The molecule has 2 rings (SSSR count). The van der Waals surface area contributed by atoms with E-state index in [4.69, 9.17) is 0 Å². The van der Waals surface area contributed by atoms with Crippen LogP contribution in [0.2, 0.25) is 0 Å². The zero-order valence-electron chi connectivity index (χ0n) is 15.9. The molecule has 27 heavy (non-hydrogen) atoms. The summed E-state index contributed by atoms with van der Waals surface area (Å²) in [5, 5.41) is 2.83. The van der Waals surface area contributed by atoms with E-state index in [1.807, 2.05) is 32.0 Å². The van der Waals surface area contributed by atoms with Crippen molar-refractivity contribution in [3.05, 3.63) is 59.2 Å². The van der Waals surface area contributed by atoms with Crippen LogP contribution in [-0.4, -0.2) is 32.9 Å². The maximum Gasteiger partial charge on any atom is 0.232 e. The van der Waals surface area contributed by atoms with Crippen LogP contribution in [0.1, 0.15) is 34.8 Å².